The van der Waals surface area contributed by atoms with Crippen molar-refractivity contribution in [1.82, 2.24) is 20.0 Å². The molecule has 0 aliphatic rings. The third-order valence-electron chi connectivity index (χ3n) is 4.96. The van der Waals surface area contributed by atoms with Crippen LogP contribution in [0, 0.1) is 0 Å². The minimum absolute atomic E-state index is 0.198. The number of nitrogen functional groups attached to an aromatic ring is 1. The van der Waals surface area contributed by atoms with Crippen molar-refractivity contribution >= 4 is 51.7 Å². The maximum absolute atomic E-state index is 13.0. The number of benzene rings is 2. The summed E-state index contributed by atoms with van der Waals surface area (Å²) in [5, 5.41) is 8.08. The van der Waals surface area contributed by atoms with Crippen LogP contribution >= 0.6 is 11.6 Å². The Labute approximate surface area is 184 Å². The molecule has 0 saturated carbocycles. The van der Waals surface area contributed by atoms with Gasteiger partial charge in [-0.3, -0.25) is 4.79 Å². The Hall–Kier alpha value is -3.45. The molecule has 158 valence electrons. The lowest BCUT2D eigenvalue weighted by Gasteiger charge is -2.05. The molecule has 1 amide bonds. The molecule has 2 aromatic carbocycles. The molecule has 4 rings (SSSR count). The van der Waals surface area contributed by atoms with E-state index in [1.165, 1.54) is 4.68 Å². The number of rotatable bonds is 7. The van der Waals surface area contributed by atoms with Crippen LogP contribution in [0.15, 0.2) is 53.6 Å². The van der Waals surface area contributed by atoms with E-state index in [2.05, 4.69) is 27.3 Å². The van der Waals surface area contributed by atoms with Gasteiger partial charge in [-0.2, -0.15) is 9.78 Å². The van der Waals surface area contributed by atoms with Crippen LogP contribution in [0.4, 0.5) is 5.82 Å². The van der Waals surface area contributed by atoms with Gasteiger partial charge in [0.15, 0.2) is 5.65 Å². The number of carbonyl (C=O) groups is 1. The van der Waals surface area contributed by atoms with Gasteiger partial charge in [-0.05, 0) is 36.2 Å². The van der Waals surface area contributed by atoms with Crippen LogP contribution in [0.1, 0.15) is 42.1 Å². The zero-order valence-corrected chi connectivity index (χ0v) is 17.9. The highest BCUT2D eigenvalue weighted by atomic mass is 35.5. The molecule has 7 nitrogen and oxygen atoms in total. The van der Waals surface area contributed by atoms with Gasteiger partial charge in [0.05, 0.1) is 17.2 Å². The smallest absolute Gasteiger partial charge is 0.257 e. The van der Waals surface area contributed by atoms with Crippen LogP contribution < -0.4 is 11.1 Å². The van der Waals surface area contributed by atoms with Gasteiger partial charge < -0.3 is 11.1 Å². The molecular weight excluding hydrogens is 412 g/mol. The van der Waals surface area contributed by atoms with Gasteiger partial charge in [0.2, 0.25) is 0 Å². The summed E-state index contributed by atoms with van der Waals surface area (Å²) in [6.07, 6.45) is 4.68. The fourth-order valence-corrected chi connectivity index (χ4v) is 3.45. The number of anilines is 1. The van der Waals surface area contributed by atoms with Gasteiger partial charge in [0, 0.05) is 11.6 Å². The summed E-state index contributed by atoms with van der Waals surface area (Å²) in [7, 11) is 0. The summed E-state index contributed by atoms with van der Waals surface area (Å²) in [6, 6.07) is 14.7. The number of halogens is 1. The fourth-order valence-electron chi connectivity index (χ4n) is 3.33. The number of fused-ring (bicyclic) bond motifs is 2. The topological polar surface area (TPSA) is 98.2 Å². The number of nitrogens with zero attached hydrogens (tertiary/aromatic N) is 4. The molecule has 0 radical (unpaired) electrons. The second kappa shape index (κ2) is 9.14. The van der Waals surface area contributed by atoms with E-state index in [1.807, 2.05) is 36.4 Å². The number of nitrogens with one attached hydrogen (secondary N) is 1. The van der Waals surface area contributed by atoms with Gasteiger partial charge in [0.1, 0.15) is 16.9 Å². The Balaban J connectivity index is 1.80. The van der Waals surface area contributed by atoms with Gasteiger partial charge in [-0.25, -0.2) is 9.97 Å². The summed E-state index contributed by atoms with van der Waals surface area (Å²) in [5.41, 5.74) is 9.76. The third kappa shape index (κ3) is 4.36. The maximum atomic E-state index is 13.0. The molecular formula is C23H23ClN6O. The van der Waals surface area contributed by atoms with Gasteiger partial charge in [0.25, 0.3) is 5.91 Å². The Bertz CT molecular complexity index is 1260. The van der Waals surface area contributed by atoms with Crippen LogP contribution in [0.2, 0.25) is 5.02 Å². The molecule has 2 aromatic heterocycles. The quantitative estimate of drug-likeness (QED) is 0.327. The van der Waals surface area contributed by atoms with E-state index in [-0.39, 0.29) is 17.3 Å². The average Bonchev–Trinajstić information content (AvgIpc) is 3.05. The van der Waals surface area contributed by atoms with Crippen LogP contribution in [-0.4, -0.2) is 33.3 Å². The van der Waals surface area contributed by atoms with Crippen molar-refractivity contribution in [3.63, 3.8) is 0 Å². The van der Waals surface area contributed by atoms with Crippen LogP contribution in [0.25, 0.3) is 22.2 Å². The predicted octanol–water partition coefficient (Wildman–Crippen LogP) is 4.62. The Morgan fingerprint density at radius 1 is 1.13 bits per heavy atom. The summed E-state index contributed by atoms with van der Waals surface area (Å²) >= 11 is 5.95. The molecule has 0 aliphatic heterocycles. The first-order valence-corrected chi connectivity index (χ1v) is 10.6. The van der Waals surface area contributed by atoms with Crippen molar-refractivity contribution in [2.24, 2.45) is 5.10 Å². The van der Waals surface area contributed by atoms with Crippen LogP contribution in [0.3, 0.4) is 0 Å². The summed E-state index contributed by atoms with van der Waals surface area (Å²) in [5.74, 6) is -0.0767. The zero-order chi connectivity index (χ0) is 21.8. The number of amides is 1. The molecule has 0 atom stereocenters. The number of para-hydroxylation sites is 2. The largest absolute Gasteiger partial charge is 0.383 e. The first-order chi connectivity index (χ1) is 15.1. The van der Waals surface area contributed by atoms with Gasteiger partial charge >= 0.3 is 0 Å². The Morgan fingerprint density at radius 2 is 1.84 bits per heavy atom. The molecule has 2 heterocycles. The van der Waals surface area contributed by atoms with E-state index >= 15 is 0 Å². The number of nitrogens with two attached hydrogens (primary N) is 1. The summed E-state index contributed by atoms with van der Waals surface area (Å²) in [4.78, 5) is 22.3. The van der Waals surface area contributed by atoms with E-state index in [1.54, 1.807) is 18.3 Å². The lowest BCUT2D eigenvalue weighted by Crippen LogP contribution is -2.25. The highest BCUT2D eigenvalue weighted by Crippen LogP contribution is 2.27. The van der Waals surface area contributed by atoms with E-state index in [0.717, 1.165) is 24.8 Å². The van der Waals surface area contributed by atoms with Crippen molar-refractivity contribution in [3.8, 4) is 0 Å². The maximum Gasteiger partial charge on any atom is 0.257 e. The van der Waals surface area contributed by atoms with Gasteiger partial charge in [-0.1, -0.05) is 55.6 Å². The monoisotopic (exact) mass is 434 g/mol. The first-order valence-electron chi connectivity index (χ1n) is 10.2. The number of hydrogen-bond acceptors (Lipinski definition) is 5. The van der Waals surface area contributed by atoms with Crippen LogP contribution in [-0.2, 0) is 0 Å². The van der Waals surface area contributed by atoms with E-state index in [9.17, 15) is 4.79 Å². The highest BCUT2D eigenvalue weighted by Gasteiger charge is 2.23. The summed E-state index contributed by atoms with van der Waals surface area (Å²) in [6.45, 7) is 2.70. The minimum atomic E-state index is -0.274. The predicted molar refractivity (Wildman–Crippen MR) is 126 cm³/mol. The molecule has 4 aromatic rings. The number of carbonyl (C=O) groups excluding carboxylic acids is 1. The Kier molecular flexibility index (Phi) is 6.13. The molecule has 0 fully saturated rings. The molecule has 0 unspecified atom stereocenters. The van der Waals surface area contributed by atoms with Crippen molar-refractivity contribution in [2.75, 3.05) is 12.3 Å². The van der Waals surface area contributed by atoms with Gasteiger partial charge in [-0.15, -0.1) is 0 Å². The van der Waals surface area contributed by atoms with Crippen molar-refractivity contribution < 1.29 is 4.79 Å². The molecule has 31 heavy (non-hydrogen) atoms. The molecule has 8 heteroatoms. The van der Waals surface area contributed by atoms with Crippen molar-refractivity contribution in [1.29, 1.82) is 0 Å². The number of aromatic nitrogens is 3. The fraction of sp³-hybridized carbons (Fsp3) is 0.217. The second-order valence-electron chi connectivity index (χ2n) is 7.22. The molecule has 0 saturated heterocycles. The van der Waals surface area contributed by atoms with Crippen molar-refractivity contribution in [2.45, 2.75) is 26.2 Å². The SMILES string of the molecule is CCCCCNC(=O)c1c(N)n(/N=C\c2ccc(Cl)cc2)c2nc3ccccc3nc12. The number of hydrogen-bond donors (Lipinski definition) is 2. The summed E-state index contributed by atoms with van der Waals surface area (Å²) < 4.78 is 1.46. The van der Waals surface area contributed by atoms with E-state index in [0.29, 0.717) is 33.8 Å². The van der Waals surface area contributed by atoms with Crippen LogP contribution in [0.5, 0.6) is 0 Å². The lowest BCUT2D eigenvalue weighted by molar-refractivity contribution is 0.0955. The second-order valence-corrected chi connectivity index (χ2v) is 7.65. The molecule has 0 aliphatic carbocycles. The highest BCUT2D eigenvalue weighted by molar-refractivity contribution is 6.30. The minimum Gasteiger partial charge on any atom is -0.383 e. The molecule has 0 spiro atoms. The molecule has 0 bridgehead atoms. The first kappa shape index (κ1) is 20.8. The zero-order valence-electron chi connectivity index (χ0n) is 17.2. The standard InChI is InChI=1S/C23H23ClN6O/c1-2-3-6-13-26-23(31)19-20-22(29-18-8-5-4-7-17(18)28-20)30(21(19)25)27-14-15-9-11-16(24)12-10-15/h4-5,7-12,14H,2-3,6,13,25H2,1H3,(H,26,31)/b27-14-. The lowest BCUT2D eigenvalue weighted by atomic mass is 10.2. The normalized spacial score (nSPS) is 11.5. The average molecular weight is 435 g/mol. The van der Waals surface area contributed by atoms with E-state index < -0.39 is 0 Å². The number of unbranched alkanes of at least 4 members (excludes halogenated alkanes) is 2. The Morgan fingerprint density at radius 3 is 2.55 bits per heavy atom. The molecule has 3 N–H and O–H groups in total. The van der Waals surface area contributed by atoms with E-state index in [4.69, 9.17) is 17.3 Å². The third-order valence-corrected chi connectivity index (χ3v) is 5.21. The van der Waals surface area contributed by atoms with Crippen molar-refractivity contribution in [3.05, 3.63) is 64.7 Å².